The lowest BCUT2D eigenvalue weighted by Crippen LogP contribution is -2.19. The number of rotatable bonds is 4. The van der Waals surface area contributed by atoms with Gasteiger partial charge in [-0.05, 0) is 37.3 Å². The lowest BCUT2D eigenvalue weighted by Gasteiger charge is -2.10. The van der Waals surface area contributed by atoms with Gasteiger partial charge in [0.2, 0.25) is 0 Å². The molecule has 0 fully saturated rings. The Labute approximate surface area is 184 Å². The van der Waals surface area contributed by atoms with Crippen LogP contribution < -0.4 is 10.1 Å². The van der Waals surface area contributed by atoms with Gasteiger partial charge in [0, 0.05) is 29.8 Å². The molecule has 5 aromatic rings. The molecule has 5 rings (SSSR count). The Morgan fingerprint density at radius 1 is 1.00 bits per heavy atom. The first-order valence-electron chi connectivity index (χ1n) is 10.1. The molecule has 2 aromatic carbocycles. The second-order valence-corrected chi connectivity index (χ2v) is 7.30. The van der Waals surface area contributed by atoms with Crippen LogP contribution in [-0.2, 0) is 7.05 Å². The van der Waals surface area contributed by atoms with Gasteiger partial charge in [0.15, 0.2) is 5.65 Å². The number of para-hydroxylation sites is 2. The van der Waals surface area contributed by atoms with E-state index < -0.39 is 6.09 Å². The highest BCUT2D eigenvalue weighted by molar-refractivity contribution is 5.89. The van der Waals surface area contributed by atoms with E-state index in [1.165, 1.54) is 0 Å². The van der Waals surface area contributed by atoms with Gasteiger partial charge in [-0.3, -0.25) is 10.00 Å². The third-order valence-electron chi connectivity index (χ3n) is 5.14. The largest absolute Gasteiger partial charge is 0.418 e. The number of fused-ring (bicyclic) bond motifs is 1. The molecule has 0 aliphatic rings. The van der Waals surface area contributed by atoms with Gasteiger partial charge in [0.1, 0.15) is 11.6 Å². The maximum absolute atomic E-state index is 12.6. The summed E-state index contributed by atoms with van der Waals surface area (Å²) in [6, 6.07) is 20.5. The highest BCUT2D eigenvalue weighted by atomic mass is 16.6. The third kappa shape index (κ3) is 3.58. The van der Waals surface area contributed by atoms with Gasteiger partial charge < -0.3 is 4.74 Å². The molecule has 32 heavy (non-hydrogen) atoms. The number of carbonyl (C=O) groups excluding carboxylic acids is 1. The normalized spacial score (nSPS) is 10.9. The second kappa shape index (κ2) is 7.99. The van der Waals surface area contributed by atoms with E-state index in [2.05, 4.69) is 15.4 Å². The van der Waals surface area contributed by atoms with E-state index in [-0.39, 0.29) is 0 Å². The number of aryl methyl sites for hydroxylation is 1. The highest BCUT2D eigenvalue weighted by Crippen LogP contribution is 2.31. The molecule has 8 heteroatoms. The average Bonchev–Trinajstić information content (AvgIpc) is 3.35. The summed E-state index contributed by atoms with van der Waals surface area (Å²) in [6.07, 6.45) is 2.94. The summed E-state index contributed by atoms with van der Waals surface area (Å²) < 4.78 is 8.85. The van der Waals surface area contributed by atoms with E-state index >= 15 is 0 Å². The molecule has 1 amide bonds. The predicted octanol–water partition coefficient (Wildman–Crippen LogP) is 4.74. The average molecular weight is 424 g/mol. The number of aromatic nitrogens is 5. The van der Waals surface area contributed by atoms with Crippen LogP contribution in [0.3, 0.4) is 0 Å². The summed E-state index contributed by atoms with van der Waals surface area (Å²) in [6.45, 7) is 1.91. The monoisotopic (exact) mass is 424 g/mol. The minimum Gasteiger partial charge on any atom is -0.410 e. The summed E-state index contributed by atoms with van der Waals surface area (Å²) in [4.78, 5) is 17.2. The van der Waals surface area contributed by atoms with Gasteiger partial charge in [-0.25, -0.2) is 14.5 Å². The topological polar surface area (TPSA) is 86.9 Å². The first-order chi connectivity index (χ1) is 15.6. The van der Waals surface area contributed by atoms with E-state index in [0.717, 1.165) is 27.8 Å². The summed E-state index contributed by atoms with van der Waals surface area (Å²) in [5.41, 5.74) is 3.94. The highest BCUT2D eigenvalue weighted by Gasteiger charge is 2.20. The molecule has 0 aliphatic carbocycles. The fraction of sp³-hybridized carbons (Fsp3) is 0.0833. The fourth-order valence-electron chi connectivity index (χ4n) is 3.56. The Morgan fingerprint density at radius 2 is 1.72 bits per heavy atom. The minimum absolute atomic E-state index is 0.458. The molecule has 1 N–H and O–H groups in total. The molecular weight excluding hydrogens is 404 g/mol. The number of amides is 1. The third-order valence-corrected chi connectivity index (χ3v) is 5.14. The van der Waals surface area contributed by atoms with Crippen molar-refractivity contribution in [3.8, 4) is 22.7 Å². The number of carbonyl (C=O) groups is 1. The molecule has 3 heterocycles. The first-order valence-corrected chi connectivity index (χ1v) is 10.1. The molecule has 0 atom stereocenters. The molecule has 0 saturated heterocycles. The number of pyridine rings is 1. The van der Waals surface area contributed by atoms with Crippen LogP contribution in [0.25, 0.3) is 28.0 Å². The molecule has 3 aromatic heterocycles. The van der Waals surface area contributed by atoms with E-state index in [1.54, 1.807) is 33.9 Å². The van der Waals surface area contributed by atoms with Crippen molar-refractivity contribution >= 4 is 22.9 Å². The van der Waals surface area contributed by atoms with Crippen LogP contribution in [-0.4, -0.2) is 30.6 Å². The van der Waals surface area contributed by atoms with E-state index in [1.807, 2.05) is 68.6 Å². The number of ether oxygens (including phenoxy) is 1. The van der Waals surface area contributed by atoms with Crippen molar-refractivity contribution in [1.82, 2.24) is 24.5 Å². The van der Waals surface area contributed by atoms with Crippen LogP contribution in [0.1, 0.15) is 5.56 Å². The number of nitrogens with one attached hydrogen (secondary N) is 1. The zero-order chi connectivity index (χ0) is 22.1. The molecule has 0 aliphatic heterocycles. The first kappa shape index (κ1) is 19.5. The van der Waals surface area contributed by atoms with Gasteiger partial charge in [-0.2, -0.15) is 10.2 Å². The molecule has 158 valence electrons. The van der Waals surface area contributed by atoms with Crippen molar-refractivity contribution in [2.75, 3.05) is 5.32 Å². The Hall–Kier alpha value is -4.46. The maximum atomic E-state index is 12.6. The van der Waals surface area contributed by atoms with Crippen molar-refractivity contribution in [2.24, 2.45) is 7.05 Å². The lowest BCUT2D eigenvalue weighted by atomic mass is 10.1. The summed E-state index contributed by atoms with van der Waals surface area (Å²) in [5.74, 6) is 0.985. The van der Waals surface area contributed by atoms with Crippen LogP contribution in [0.5, 0.6) is 5.75 Å². The van der Waals surface area contributed by atoms with Gasteiger partial charge in [-0.1, -0.05) is 36.4 Å². The molecular formula is C24H20N6O2. The Kier molecular flexibility index (Phi) is 4.87. The SMILES string of the molecule is Cc1c(-c2cnc3c(cnn3C)c2)nn(-c2ccccc2)c1NC(=O)Oc1ccccc1. The van der Waals surface area contributed by atoms with Crippen molar-refractivity contribution in [1.29, 1.82) is 0 Å². The van der Waals surface area contributed by atoms with Crippen LogP contribution in [0.2, 0.25) is 0 Å². The van der Waals surface area contributed by atoms with Crippen LogP contribution >= 0.6 is 0 Å². The quantitative estimate of drug-likeness (QED) is 0.450. The van der Waals surface area contributed by atoms with Crippen LogP contribution in [0, 0.1) is 6.92 Å². The van der Waals surface area contributed by atoms with Gasteiger partial charge in [-0.15, -0.1) is 0 Å². The van der Waals surface area contributed by atoms with Crippen molar-refractivity contribution in [2.45, 2.75) is 6.92 Å². The van der Waals surface area contributed by atoms with Crippen LogP contribution in [0.4, 0.5) is 10.6 Å². The fourth-order valence-corrected chi connectivity index (χ4v) is 3.56. The predicted molar refractivity (Wildman–Crippen MR) is 122 cm³/mol. The number of hydrogen-bond donors (Lipinski definition) is 1. The number of anilines is 1. The van der Waals surface area contributed by atoms with Crippen molar-refractivity contribution in [3.05, 3.63) is 84.7 Å². The van der Waals surface area contributed by atoms with E-state index in [9.17, 15) is 4.79 Å². The molecule has 0 unspecified atom stereocenters. The Bertz CT molecular complexity index is 1410. The Balaban J connectivity index is 1.56. The summed E-state index contributed by atoms with van der Waals surface area (Å²) in [7, 11) is 1.85. The Morgan fingerprint density at radius 3 is 2.47 bits per heavy atom. The van der Waals surface area contributed by atoms with Crippen LogP contribution in [0.15, 0.2) is 79.1 Å². The zero-order valence-electron chi connectivity index (χ0n) is 17.6. The standard InChI is InChI=1S/C24H20N6O2/c1-16-21(17-13-18-15-26-29(2)23(18)25-14-17)28-30(19-9-5-3-6-10-19)22(16)27-24(31)32-20-11-7-4-8-12-20/h3-15H,1-2H3,(H,27,31). The van der Waals surface area contributed by atoms with Crippen molar-refractivity contribution < 1.29 is 9.53 Å². The van der Waals surface area contributed by atoms with Gasteiger partial charge >= 0.3 is 6.09 Å². The summed E-state index contributed by atoms with van der Waals surface area (Å²) in [5, 5.41) is 12.8. The van der Waals surface area contributed by atoms with E-state index in [0.29, 0.717) is 17.3 Å². The zero-order valence-corrected chi connectivity index (χ0v) is 17.6. The molecule has 0 radical (unpaired) electrons. The maximum Gasteiger partial charge on any atom is 0.418 e. The van der Waals surface area contributed by atoms with Gasteiger partial charge in [0.05, 0.1) is 17.6 Å². The molecule has 0 spiro atoms. The number of nitrogens with zero attached hydrogens (tertiary/aromatic N) is 5. The minimum atomic E-state index is -0.594. The number of benzene rings is 2. The van der Waals surface area contributed by atoms with E-state index in [4.69, 9.17) is 9.84 Å². The molecule has 0 bridgehead atoms. The smallest absolute Gasteiger partial charge is 0.410 e. The van der Waals surface area contributed by atoms with Crippen molar-refractivity contribution in [3.63, 3.8) is 0 Å². The lowest BCUT2D eigenvalue weighted by molar-refractivity contribution is 0.215. The molecule has 0 saturated carbocycles. The second-order valence-electron chi connectivity index (χ2n) is 7.30. The molecule has 8 nitrogen and oxygen atoms in total. The van der Waals surface area contributed by atoms with Gasteiger partial charge in [0.25, 0.3) is 0 Å². The summed E-state index contributed by atoms with van der Waals surface area (Å²) >= 11 is 0. The number of hydrogen-bond acceptors (Lipinski definition) is 5.